The maximum Gasteiger partial charge on any atom is 0.166 e. The van der Waals surface area contributed by atoms with Crippen LogP contribution in [0.15, 0.2) is 24.4 Å². The number of nitriles is 1. The van der Waals surface area contributed by atoms with E-state index in [0.717, 1.165) is 37.3 Å². The molecule has 0 unspecified atom stereocenters. The molecule has 86 valence electrons. The van der Waals surface area contributed by atoms with E-state index in [1.807, 2.05) is 24.4 Å². The monoisotopic (exact) mass is 226 g/mol. The molecule has 0 spiro atoms. The zero-order valence-corrected chi connectivity index (χ0v) is 9.56. The van der Waals surface area contributed by atoms with Gasteiger partial charge >= 0.3 is 0 Å². The maximum absolute atomic E-state index is 9.11. The number of fused-ring (bicyclic) bond motifs is 1. The Bertz CT molecular complexity index is 573. The molecule has 0 radical (unpaired) electrons. The first-order chi connectivity index (χ1) is 8.40. The van der Waals surface area contributed by atoms with Gasteiger partial charge in [0.05, 0.1) is 5.52 Å². The van der Waals surface area contributed by atoms with Crippen molar-refractivity contribution >= 4 is 5.52 Å². The summed E-state index contributed by atoms with van der Waals surface area (Å²) >= 11 is 0. The van der Waals surface area contributed by atoms with Crippen LogP contribution in [0.3, 0.4) is 0 Å². The molecule has 1 aliphatic rings. The molecule has 17 heavy (non-hydrogen) atoms. The molecule has 0 bridgehead atoms. The van der Waals surface area contributed by atoms with Crippen molar-refractivity contribution in [2.24, 2.45) is 0 Å². The van der Waals surface area contributed by atoms with E-state index in [9.17, 15) is 0 Å². The highest BCUT2D eigenvalue weighted by molar-refractivity contribution is 5.58. The van der Waals surface area contributed by atoms with Crippen molar-refractivity contribution in [2.75, 3.05) is 13.1 Å². The molecule has 2 aromatic rings. The third-order valence-electron chi connectivity index (χ3n) is 3.39. The van der Waals surface area contributed by atoms with Crippen LogP contribution < -0.4 is 5.32 Å². The summed E-state index contributed by atoms with van der Waals surface area (Å²) in [5.74, 6) is 1.51. The number of aromatic nitrogens is 2. The van der Waals surface area contributed by atoms with Crippen molar-refractivity contribution in [3.8, 4) is 6.07 Å². The topological polar surface area (TPSA) is 53.1 Å². The van der Waals surface area contributed by atoms with Gasteiger partial charge in [0.25, 0.3) is 0 Å². The van der Waals surface area contributed by atoms with Gasteiger partial charge in [-0.05, 0) is 38.1 Å². The third-order valence-corrected chi connectivity index (χ3v) is 3.39. The quantitative estimate of drug-likeness (QED) is 0.804. The fraction of sp³-hybridized carbons (Fsp3) is 0.385. The smallest absolute Gasteiger partial charge is 0.166 e. The molecule has 1 N–H and O–H groups in total. The highest BCUT2D eigenvalue weighted by Gasteiger charge is 2.21. The molecule has 0 atom stereocenters. The van der Waals surface area contributed by atoms with Gasteiger partial charge in [-0.15, -0.1) is 0 Å². The van der Waals surface area contributed by atoms with Crippen LogP contribution in [0, 0.1) is 11.3 Å². The fourth-order valence-corrected chi connectivity index (χ4v) is 2.51. The van der Waals surface area contributed by atoms with Crippen LogP contribution in [-0.4, -0.2) is 22.5 Å². The Labute approximate surface area is 99.9 Å². The number of rotatable bonds is 1. The third kappa shape index (κ3) is 1.69. The van der Waals surface area contributed by atoms with Crippen molar-refractivity contribution in [3.05, 3.63) is 35.9 Å². The second-order valence-electron chi connectivity index (χ2n) is 4.41. The first-order valence-corrected chi connectivity index (χ1v) is 5.98. The highest BCUT2D eigenvalue weighted by atomic mass is 15.0. The van der Waals surface area contributed by atoms with Crippen LogP contribution in [0.2, 0.25) is 0 Å². The summed E-state index contributed by atoms with van der Waals surface area (Å²) in [4.78, 5) is 4.51. The Morgan fingerprint density at radius 1 is 1.35 bits per heavy atom. The molecule has 2 aromatic heterocycles. The molecule has 0 saturated carbocycles. The first kappa shape index (κ1) is 10.3. The molecule has 1 fully saturated rings. The van der Waals surface area contributed by atoms with Crippen molar-refractivity contribution in [1.82, 2.24) is 14.7 Å². The Morgan fingerprint density at radius 3 is 2.94 bits per heavy atom. The second-order valence-corrected chi connectivity index (χ2v) is 4.41. The van der Waals surface area contributed by atoms with Gasteiger partial charge < -0.3 is 9.72 Å². The van der Waals surface area contributed by atoms with E-state index >= 15 is 0 Å². The van der Waals surface area contributed by atoms with E-state index in [1.165, 1.54) is 0 Å². The Hall–Kier alpha value is -1.86. The van der Waals surface area contributed by atoms with Crippen LogP contribution in [0.1, 0.15) is 30.3 Å². The highest BCUT2D eigenvalue weighted by Crippen LogP contribution is 2.26. The lowest BCUT2D eigenvalue weighted by Crippen LogP contribution is -2.27. The van der Waals surface area contributed by atoms with Gasteiger partial charge in [-0.3, -0.25) is 0 Å². The van der Waals surface area contributed by atoms with Crippen molar-refractivity contribution < 1.29 is 0 Å². The number of nitrogens with one attached hydrogen (secondary N) is 1. The average Bonchev–Trinajstić information content (AvgIpc) is 2.78. The van der Waals surface area contributed by atoms with Crippen molar-refractivity contribution in [3.63, 3.8) is 0 Å². The van der Waals surface area contributed by atoms with Gasteiger partial charge in [0.2, 0.25) is 0 Å². The van der Waals surface area contributed by atoms with E-state index in [2.05, 4.69) is 20.8 Å². The minimum Gasteiger partial charge on any atom is -0.317 e. The molecule has 0 amide bonds. The van der Waals surface area contributed by atoms with Crippen molar-refractivity contribution in [2.45, 2.75) is 18.8 Å². The van der Waals surface area contributed by atoms with E-state index < -0.39 is 0 Å². The van der Waals surface area contributed by atoms with Gasteiger partial charge in [0, 0.05) is 12.1 Å². The SMILES string of the molecule is N#Cc1nc(C2CCNCC2)n2ccccc12. The summed E-state index contributed by atoms with van der Waals surface area (Å²) in [6.45, 7) is 2.07. The number of hydrogen-bond acceptors (Lipinski definition) is 3. The fourth-order valence-electron chi connectivity index (χ4n) is 2.51. The molecule has 0 aromatic carbocycles. The Morgan fingerprint density at radius 2 is 2.18 bits per heavy atom. The van der Waals surface area contributed by atoms with E-state index in [-0.39, 0.29) is 0 Å². The van der Waals surface area contributed by atoms with Crippen LogP contribution >= 0.6 is 0 Å². The normalized spacial score (nSPS) is 17.1. The molecule has 1 saturated heterocycles. The van der Waals surface area contributed by atoms with Crippen LogP contribution in [0.5, 0.6) is 0 Å². The zero-order valence-electron chi connectivity index (χ0n) is 9.56. The van der Waals surface area contributed by atoms with E-state index in [0.29, 0.717) is 11.6 Å². The molecule has 3 rings (SSSR count). The van der Waals surface area contributed by atoms with E-state index in [1.54, 1.807) is 0 Å². The second kappa shape index (κ2) is 4.19. The van der Waals surface area contributed by atoms with Crippen LogP contribution in [-0.2, 0) is 0 Å². The number of piperidine rings is 1. The maximum atomic E-state index is 9.11. The van der Waals surface area contributed by atoms with Gasteiger partial charge in [0.15, 0.2) is 5.69 Å². The molecule has 4 heteroatoms. The summed E-state index contributed by atoms with van der Waals surface area (Å²) in [6, 6.07) is 8.07. The summed E-state index contributed by atoms with van der Waals surface area (Å²) in [5.41, 5.74) is 1.46. The summed E-state index contributed by atoms with van der Waals surface area (Å²) in [6.07, 6.45) is 4.19. The zero-order chi connectivity index (χ0) is 11.7. The lowest BCUT2D eigenvalue weighted by Gasteiger charge is -2.21. The molecule has 1 aliphatic heterocycles. The molecular formula is C13H14N4. The predicted molar refractivity (Wildman–Crippen MR) is 64.8 cm³/mol. The molecule has 0 aliphatic carbocycles. The van der Waals surface area contributed by atoms with E-state index in [4.69, 9.17) is 5.26 Å². The van der Waals surface area contributed by atoms with Crippen LogP contribution in [0.25, 0.3) is 5.52 Å². The lowest BCUT2D eigenvalue weighted by molar-refractivity contribution is 0.444. The van der Waals surface area contributed by atoms with Gasteiger partial charge in [-0.2, -0.15) is 5.26 Å². The summed E-state index contributed by atoms with van der Waals surface area (Å²) < 4.78 is 2.06. The Balaban J connectivity index is 2.13. The first-order valence-electron chi connectivity index (χ1n) is 5.98. The number of pyridine rings is 1. The molecule has 4 nitrogen and oxygen atoms in total. The standard InChI is InChI=1S/C13H14N4/c14-9-11-12-3-1-2-8-17(12)13(16-11)10-4-6-15-7-5-10/h1-3,8,10,15H,4-7H2. The van der Waals surface area contributed by atoms with Gasteiger partial charge in [0.1, 0.15) is 11.9 Å². The van der Waals surface area contributed by atoms with Crippen LogP contribution in [0.4, 0.5) is 0 Å². The largest absolute Gasteiger partial charge is 0.317 e. The number of nitrogens with zero attached hydrogens (tertiary/aromatic N) is 3. The molecule has 3 heterocycles. The predicted octanol–water partition coefficient (Wildman–Crippen LogP) is 1.67. The lowest BCUT2D eigenvalue weighted by atomic mass is 9.97. The van der Waals surface area contributed by atoms with Gasteiger partial charge in [-0.25, -0.2) is 4.98 Å². The minimum absolute atomic E-state index is 0.466. The number of hydrogen-bond donors (Lipinski definition) is 1. The summed E-state index contributed by atoms with van der Waals surface area (Å²) in [5, 5.41) is 12.5. The average molecular weight is 226 g/mol. The van der Waals surface area contributed by atoms with Gasteiger partial charge in [-0.1, -0.05) is 6.07 Å². The minimum atomic E-state index is 0.466. The summed E-state index contributed by atoms with van der Waals surface area (Å²) in [7, 11) is 0. The number of imidazole rings is 1. The Kier molecular flexibility index (Phi) is 2.54. The van der Waals surface area contributed by atoms with Crippen molar-refractivity contribution in [1.29, 1.82) is 5.26 Å². The molecular weight excluding hydrogens is 212 g/mol.